The van der Waals surface area contributed by atoms with Crippen LogP contribution in [0.1, 0.15) is 52.8 Å². The van der Waals surface area contributed by atoms with E-state index in [0.29, 0.717) is 44.9 Å². The van der Waals surface area contributed by atoms with E-state index >= 15 is 0 Å². The average molecular weight is 647 g/mol. The van der Waals surface area contributed by atoms with Crippen LogP contribution in [0.5, 0.6) is 17.2 Å². The van der Waals surface area contributed by atoms with Crippen molar-refractivity contribution < 1.29 is 40.6 Å². The predicted molar refractivity (Wildman–Crippen MR) is 168 cm³/mol. The molecule has 0 saturated carbocycles. The van der Waals surface area contributed by atoms with Gasteiger partial charge in [0.25, 0.3) is 0 Å². The van der Waals surface area contributed by atoms with E-state index in [4.69, 9.17) is 14.2 Å². The summed E-state index contributed by atoms with van der Waals surface area (Å²) in [5.41, 5.74) is -0.0507. The molecule has 5 aromatic rings. The van der Waals surface area contributed by atoms with Gasteiger partial charge in [0, 0.05) is 27.5 Å². The molecular formula is C38H28F6O3. The van der Waals surface area contributed by atoms with Crippen molar-refractivity contribution in [1.82, 2.24) is 0 Å². The SMILES string of the molecule is COc1ccc(C2(c3ccc(OC)cc3)C=Cc3c4c(c5cc(C(F)(F)F)ccc5c3O2)-c2cc(C(F)(F)F)ccc2C4(C)C)cc1. The molecule has 0 unspecified atom stereocenters. The van der Waals surface area contributed by atoms with Crippen molar-refractivity contribution >= 4 is 16.8 Å². The van der Waals surface area contributed by atoms with Crippen LogP contribution in [0, 0.1) is 0 Å². The molecular weight excluding hydrogens is 618 g/mol. The maximum absolute atomic E-state index is 14.2. The van der Waals surface area contributed by atoms with Gasteiger partial charge in [-0.15, -0.1) is 0 Å². The van der Waals surface area contributed by atoms with E-state index < -0.39 is 34.5 Å². The molecule has 3 nitrogen and oxygen atoms in total. The van der Waals surface area contributed by atoms with E-state index in [1.807, 2.05) is 50.3 Å². The normalized spacial score (nSPS) is 15.9. The number of halogens is 6. The number of ether oxygens (including phenoxy) is 3. The lowest BCUT2D eigenvalue weighted by Crippen LogP contribution is -2.35. The summed E-state index contributed by atoms with van der Waals surface area (Å²) in [5.74, 6) is 1.58. The van der Waals surface area contributed by atoms with Crippen LogP contribution in [0.25, 0.3) is 28.0 Å². The second kappa shape index (κ2) is 10.3. The lowest BCUT2D eigenvalue weighted by atomic mass is 9.76. The van der Waals surface area contributed by atoms with Crippen molar-refractivity contribution in [1.29, 1.82) is 0 Å². The second-order valence-electron chi connectivity index (χ2n) is 12.3. The topological polar surface area (TPSA) is 27.7 Å². The highest BCUT2D eigenvalue weighted by Crippen LogP contribution is 2.59. The molecule has 5 aromatic carbocycles. The molecule has 1 aliphatic heterocycles. The van der Waals surface area contributed by atoms with E-state index in [1.54, 1.807) is 38.5 Å². The van der Waals surface area contributed by atoms with Crippen LogP contribution in [0.2, 0.25) is 0 Å². The minimum Gasteiger partial charge on any atom is -0.497 e. The Labute approximate surface area is 267 Å². The van der Waals surface area contributed by atoms with E-state index in [9.17, 15) is 26.3 Å². The number of benzene rings is 5. The first-order valence-corrected chi connectivity index (χ1v) is 14.8. The number of rotatable bonds is 4. The molecule has 0 atom stereocenters. The summed E-state index contributed by atoms with van der Waals surface area (Å²) in [6, 6.07) is 21.4. The van der Waals surface area contributed by atoms with Gasteiger partial charge in [0.1, 0.15) is 17.2 Å². The fraction of sp³-hybridized carbons (Fsp3) is 0.211. The first-order valence-electron chi connectivity index (χ1n) is 14.8. The molecule has 240 valence electrons. The molecule has 0 saturated heterocycles. The zero-order chi connectivity index (χ0) is 33.5. The Hall–Kier alpha value is -4.92. The zero-order valence-corrected chi connectivity index (χ0v) is 25.7. The molecule has 0 fully saturated rings. The quantitative estimate of drug-likeness (QED) is 0.182. The lowest BCUT2D eigenvalue weighted by Gasteiger charge is -2.38. The predicted octanol–water partition coefficient (Wildman–Crippen LogP) is 10.6. The Kier molecular flexibility index (Phi) is 6.73. The first kappa shape index (κ1) is 30.7. The van der Waals surface area contributed by atoms with Gasteiger partial charge >= 0.3 is 12.4 Å². The number of hydrogen-bond acceptors (Lipinski definition) is 3. The lowest BCUT2D eigenvalue weighted by molar-refractivity contribution is -0.138. The Morgan fingerprint density at radius 2 is 1.17 bits per heavy atom. The molecule has 9 heteroatoms. The van der Waals surface area contributed by atoms with E-state index in [-0.39, 0.29) is 10.9 Å². The van der Waals surface area contributed by atoms with Gasteiger partial charge in [-0.1, -0.05) is 56.3 Å². The monoisotopic (exact) mass is 646 g/mol. The van der Waals surface area contributed by atoms with Crippen LogP contribution in [0.3, 0.4) is 0 Å². The minimum atomic E-state index is -4.68. The highest BCUT2D eigenvalue weighted by atomic mass is 19.4. The maximum Gasteiger partial charge on any atom is 0.416 e. The number of alkyl halides is 6. The third-order valence-corrected chi connectivity index (χ3v) is 9.32. The summed E-state index contributed by atoms with van der Waals surface area (Å²) < 4.78 is 102. The van der Waals surface area contributed by atoms with E-state index in [2.05, 4.69) is 0 Å². The Balaban J connectivity index is 1.56. The highest BCUT2D eigenvalue weighted by Gasteiger charge is 2.46. The molecule has 1 heterocycles. The van der Waals surface area contributed by atoms with Gasteiger partial charge in [-0.3, -0.25) is 0 Å². The molecule has 0 radical (unpaired) electrons. The fourth-order valence-corrected chi connectivity index (χ4v) is 7.01. The van der Waals surface area contributed by atoms with Crippen molar-refractivity contribution in [3.8, 4) is 28.4 Å². The van der Waals surface area contributed by atoms with E-state index in [1.165, 1.54) is 12.1 Å². The molecule has 2 aliphatic rings. The van der Waals surface area contributed by atoms with Gasteiger partial charge in [-0.25, -0.2) is 0 Å². The van der Waals surface area contributed by atoms with Crippen molar-refractivity contribution in [3.05, 3.63) is 130 Å². The van der Waals surface area contributed by atoms with Crippen LogP contribution in [-0.2, 0) is 23.4 Å². The summed E-state index contributed by atoms with van der Waals surface area (Å²) in [6.45, 7) is 3.74. The van der Waals surface area contributed by atoms with Crippen LogP contribution >= 0.6 is 0 Å². The van der Waals surface area contributed by atoms with Crippen LogP contribution in [0.15, 0.2) is 91.0 Å². The number of methoxy groups -OCH3 is 2. The van der Waals surface area contributed by atoms with Crippen LogP contribution in [0.4, 0.5) is 26.3 Å². The second-order valence-corrected chi connectivity index (χ2v) is 12.3. The zero-order valence-electron chi connectivity index (χ0n) is 25.7. The summed E-state index contributed by atoms with van der Waals surface area (Å²) in [7, 11) is 3.11. The van der Waals surface area contributed by atoms with Gasteiger partial charge in [0.2, 0.25) is 0 Å². The molecule has 0 aromatic heterocycles. The Morgan fingerprint density at radius 3 is 1.70 bits per heavy atom. The van der Waals surface area contributed by atoms with Gasteiger partial charge in [-0.05, 0) is 82.2 Å². The molecule has 47 heavy (non-hydrogen) atoms. The van der Waals surface area contributed by atoms with Gasteiger partial charge < -0.3 is 14.2 Å². The van der Waals surface area contributed by atoms with Crippen molar-refractivity contribution in [2.75, 3.05) is 14.2 Å². The molecule has 0 amide bonds. The fourth-order valence-electron chi connectivity index (χ4n) is 7.01. The summed E-state index contributed by atoms with van der Waals surface area (Å²) in [5, 5.41) is 0.511. The molecule has 0 bridgehead atoms. The van der Waals surface area contributed by atoms with Gasteiger partial charge in [-0.2, -0.15) is 26.3 Å². The van der Waals surface area contributed by atoms with Crippen LogP contribution < -0.4 is 14.2 Å². The molecule has 0 spiro atoms. The largest absolute Gasteiger partial charge is 0.497 e. The minimum absolute atomic E-state index is 0.161. The number of hydrogen-bond donors (Lipinski definition) is 0. The highest BCUT2D eigenvalue weighted by molar-refractivity contribution is 6.08. The smallest absolute Gasteiger partial charge is 0.416 e. The third kappa shape index (κ3) is 4.66. The number of fused-ring (bicyclic) bond motifs is 8. The first-order chi connectivity index (χ1) is 22.2. The van der Waals surface area contributed by atoms with Gasteiger partial charge in [0.05, 0.1) is 25.3 Å². The Morgan fingerprint density at radius 1 is 0.638 bits per heavy atom. The van der Waals surface area contributed by atoms with Crippen molar-refractivity contribution in [2.24, 2.45) is 0 Å². The Bertz CT molecular complexity index is 2020. The van der Waals surface area contributed by atoms with Crippen molar-refractivity contribution in [2.45, 2.75) is 37.2 Å². The van der Waals surface area contributed by atoms with E-state index in [0.717, 1.165) is 35.4 Å². The molecule has 7 rings (SSSR count). The van der Waals surface area contributed by atoms with Crippen LogP contribution in [-0.4, -0.2) is 14.2 Å². The maximum atomic E-state index is 14.2. The van der Waals surface area contributed by atoms with Crippen molar-refractivity contribution in [3.63, 3.8) is 0 Å². The molecule has 1 aliphatic carbocycles. The summed E-state index contributed by atoms with van der Waals surface area (Å²) in [6.07, 6.45) is -5.56. The van der Waals surface area contributed by atoms with Gasteiger partial charge in [0.15, 0.2) is 5.60 Å². The third-order valence-electron chi connectivity index (χ3n) is 9.32. The molecule has 0 N–H and O–H groups in total. The summed E-state index contributed by atoms with van der Waals surface area (Å²) in [4.78, 5) is 0. The standard InChI is InChI=1S/C38H28F6O3/c1-35(2)31-16-10-24(38(42,43)44)20-30(31)32-29-19-23(37(39,40)41)9-15-27(29)34-28(33(32)35)17-18-36(47-34,21-5-11-25(45-3)12-6-21)22-7-13-26(46-4)14-8-22/h5-20H,1-4H3. The average Bonchev–Trinajstić information content (AvgIpc) is 3.30. The summed E-state index contributed by atoms with van der Waals surface area (Å²) >= 11 is 0.